The maximum absolute atomic E-state index is 12.5. The molecule has 0 spiro atoms. The van der Waals surface area contributed by atoms with Crippen molar-refractivity contribution in [1.82, 2.24) is 15.2 Å². The Morgan fingerprint density at radius 3 is 3.09 bits per heavy atom. The average molecular weight is 312 g/mol. The van der Waals surface area contributed by atoms with E-state index >= 15 is 0 Å². The third kappa shape index (κ3) is 3.11. The molecule has 1 atom stereocenters. The van der Waals surface area contributed by atoms with Crippen LogP contribution >= 0.6 is 0 Å². The van der Waals surface area contributed by atoms with Crippen molar-refractivity contribution in [3.05, 3.63) is 47.7 Å². The zero-order valence-electron chi connectivity index (χ0n) is 12.4. The molecule has 0 saturated carbocycles. The molecule has 0 radical (unpaired) electrons. The van der Waals surface area contributed by atoms with Gasteiger partial charge in [0.2, 0.25) is 5.91 Å². The lowest BCUT2D eigenvalue weighted by atomic mass is 10.2. The third-order valence-electron chi connectivity index (χ3n) is 3.88. The van der Waals surface area contributed by atoms with Crippen LogP contribution in [0.5, 0.6) is 0 Å². The number of H-pyrrole nitrogens is 1. The minimum Gasteiger partial charge on any atom is -0.467 e. The lowest BCUT2D eigenvalue weighted by Crippen LogP contribution is -2.45. The molecule has 0 unspecified atom stereocenters. The van der Waals surface area contributed by atoms with E-state index in [4.69, 9.17) is 9.68 Å². The molecule has 1 fully saturated rings. The van der Waals surface area contributed by atoms with E-state index < -0.39 is 6.04 Å². The molecular weight excluding hydrogens is 296 g/mol. The molecule has 23 heavy (non-hydrogen) atoms. The molecule has 2 aromatic rings. The standard InChI is InChI=1S/C16H16N4O3/c17-8-11-7-13(18-9-11)16(22)20-5-1-4-14(20)15(21)19-10-12-3-2-6-23-12/h2-3,6-7,9,14,18H,1,4-5,10H2,(H,19,21)/t14-/m1/s1. The summed E-state index contributed by atoms with van der Waals surface area (Å²) >= 11 is 0. The first kappa shape index (κ1) is 14.9. The van der Waals surface area contributed by atoms with Crippen LogP contribution in [0, 0.1) is 11.3 Å². The molecule has 7 nitrogen and oxygen atoms in total. The van der Waals surface area contributed by atoms with Gasteiger partial charge in [0.1, 0.15) is 23.6 Å². The van der Waals surface area contributed by atoms with Crippen molar-refractivity contribution in [2.45, 2.75) is 25.4 Å². The molecule has 2 N–H and O–H groups in total. The number of amides is 2. The Morgan fingerprint density at radius 1 is 1.52 bits per heavy atom. The van der Waals surface area contributed by atoms with E-state index in [1.54, 1.807) is 23.3 Å². The van der Waals surface area contributed by atoms with Crippen LogP contribution in [0.3, 0.4) is 0 Å². The zero-order chi connectivity index (χ0) is 16.2. The molecule has 2 aromatic heterocycles. The number of nitriles is 1. The highest BCUT2D eigenvalue weighted by atomic mass is 16.3. The quantitative estimate of drug-likeness (QED) is 0.890. The van der Waals surface area contributed by atoms with Crippen molar-refractivity contribution in [2.24, 2.45) is 0 Å². The molecule has 0 bridgehead atoms. The lowest BCUT2D eigenvalue weighted by Gasteiger charge is -2.23. The van der Waals surface area contributed by atoms with Crippen LogP contribution in [-0.2, 0) is 11.3 Å². The molecule has 1 aliphatic heterocycles. The van der Waals surface area contributed by atoms with Crippen molar-refractivity contribution in [1.29, 1.82) is 5.26 Å². The number of hydrogen-bond acceptors (Lipinski definition) is 4. The Labute approximate surface area is 132 Å². The minimum atomic E-state index is -0.494. The number of aromatic nitrogens is 1. The van der Waals surface area contributed by atoms with Crippen LogP contribution < -0.4 is 5.32 Å². The molecule has 7 heteroatoms. The van der Waals surface area contributed by atoms with Gasteiger partial charge in [-0.15, -0.1) is 0 Å². The minimum absolute atomic E-state index is 0.195. The van der Waals surface area contributed by atoms with E-state index in [1.807, 2.05) is 6.07 Å². The summed E-state index contributed by atoms with van der Waals surface area (Å²) < 4.78 is 5.17. The van der Waals surface area contributed by atoms with Gasteiger partial charge in [-0.2, -0.15) is 5.26 Å². The van der Waals surface area contributed by atoms with Gasteiger partial charge in [-0.3, -0.25) is 9.59 Å². The first-order valence-electron chi connectivity index (χ1n) is 7.38. The summed E-state index contributed by atoms with van der Waals surface area (Å²) in [6.45, 7) is 0.823. The van der Waals surface area contributed by atoms with Gasteiger partial charge in [-0.25, -0.2) is 0 Å². The number of nitrogens with one attached hydrogen (secondary N) is 2. The Morgan fingerprint density at radius 2 is 2.39 bits per heavy atom. The van der Waals surface area contributed by atoms with E-state index in [9.17, 15) is 9.59 Å². The SMILES string of the molecule is N#Cc1c[nH]c(C(=O)N2CCC[C@@H]2C(=O)NCc2ccco2)c1. The van der Waals surface area contributed by atoms with E-state index in [0.717, 1.165) is 6.42 Å². The molecule has 1 aliphatic rings. The van der Waals surface area contributed by atoms with Crippen molar-refractivity contribution in [3.8, 4) is 6.07 Å². The van der Waals surface area contributed by atoms with Crippen molar-refractivity contribution >= 4 is 11.8 Å². The van der Waals surface area contributed by atoms with Crippen LogP contribution in [-0.4, -0.2) is 34.3 Å². The number of carbonyl (C=O) groups is 2. The number of furan rings is 1. The smallest absolute Gasteiger partial charge is 0.270 e. The predicted molar refractivity (Wildman–Crippen MR) is 80.1 cm³/mol. The molecule has 0 aliphatic carbocycles. The second-order valence-electron chi connectivity index (χ2n) is 5.37. The average Bonchev–Trinajstić information content (AvgIpc) is 3.32. The van der Waals surface area contributed by atoms with Gasteiger partial charge in [0.15, 0.2) is 0 Å². The van der Waals surface area contributed by atoms with E-state index in [1.165, 1.54) is 12.3 Å². The Bertz CT molecular complexity index is 742. The fourth-order valence-electron chi connectivity index (χ4n) is 2.72. The summed E-state index contributed by atoms with van der Waals surface area (Å²) in [5, 5.41) is 11.6. The Kier molecular flexibility index (Phi) is 4.15. The number of likely N-dealkylation sites (tertiary alicyclic amines) is 1. The van der Waals surface area contributed by atoms with Gasteiger partial charge in [0.05, 0.1) is 18.4 Å². The molecule has 3 rings (SSSR count). The number of hydrogen-bond donors (Lipinski definition) is 2. The summed E-state index contributed by atoms with van der Waals surface area (Å²) in [4.78, 5) is 29.2. The van der Waals surface area contributed by atoms with Crippen LogP contribution in [0.1, 0.15) is 34.7 Å². The fourth-order valence-corrected chi connectivity index (χ4v) is 2.72. The third-order valence-corrected chi connectivity index (χ3v) is 3.88. The van der Waals surface area contributed by atoms with E-state index in [2.05, 4.69) is 10.3 Å². The number of carbonyl (C=O) groups excluding carboxylic acids is 2. The second-order valence-corrected chi connectivity index (χ2v) is 5.37. The number of rotatable bonds is 4. The highest BCUT2D eigenvalue weighted by molar-refractivity contribution is 5.96. The highest BCUT2D eigenvalue weighted by Gasteiger charge is 2.34. The fraction of sp³-hybridized carbons (Fsp3) is 0.312. The van der Waals surface area contributed by atoms with Crippen LogP contribution in [0.4, 0.5) is 0 Å². The summed E-state index contributed by atoms with van der Waals surface area (Å²) in [7, 11) is 0. The highest BCUT2D eigenvalue weighted by Crippen LogP contribution is 2.20. The topological polar surface area (TPSA) is 102 Å². The van der Waals surface area contributed by atoms with E-state index in [0.29, 0.717) is 36.5 Å². The molecule has 3 heterocycles. The number of nitrogens with zero attached hydrogens (tertiary/aromatic N) is 2. The van der Waals surface area contributed by atoms with Crippen LogP contribution in [0.2, 0.25) is 0 Å². The first-order chi connectivity index (χ1) is 11.2. The van der Waals surface area contributed by atoms with Gasteiger partial charge in [0, 0.05) is 12.7 Å². The Hall–Kier alpha value is -3.01. The monoisotopic (exact) mass is 312 g/mol. The van der Waals surface area contributed by atoms with Gasteiger partial charge in [-0.1, -0.05) is 0 Å². The Balaban J connectivity index is 1.65. The number of aromatic amines is 1. The van der Waals surface area contributed by atoms with E-state index in [-0.39, 0.29) is 11.8 Å². The maximum atomic E-state index is 12.5. The zero-order valence-corrected chi connectivity index (χ0v) is 12.4. The van der Waals surface area contributed by atoms with Gasteiger partial charge in [0.25, 0.3) is 5.91 Å². The predicted octanol–water partition coefficient (Wildman–Crippen LogP) is 1.40. The largest absolute Gasteiger partial charge is 0.467 e. The van der Waals surface area contributed by atoms with Gasteiger partial charge >= 0.3 is 0 Å². The van der Waals surface area contributed by atoms with Gasteiger partial charge in [-0.05, 0) is 31.0 Å². The maximum Gasteiger partial charge on any atom is 0.270 e. The molecular formula is C16H16N4O3. The molecule has 2 amide bonds. The summed E-state index contributed by atoms with van der Waals surface area (Å²) in [5.74, 6) is 0.207. The van der Waals surface area contributed by atoms with Crippen molar-refractivity contribution in [3.63, 3.8) is 0 Å². The molecule has 0 aromatic carbocycles. The summed E-state index contributed by atoms with van der Waals surface area (Å²) in [5.41, 5.74) is 0.721. The van der Waals surface area contributed by atoms with Crippen LogP contribution in [0.25, 0.3) is 0 Å². The molecule has 1 saturated heterocycles. The summed E-state index contributed by atoms with van der Waals surface area (Å²) in [6.07, 6.45) is 4.43. The normalized spacial score (nSPS) is 17.0. The van der Waals surface area contributed by atoms with Gasteiger partial charge < -0.3 is 19.6 Å². The first-order valence-corrected chi connectivity index (χ1v) is 7.38. The van der Waals surface area contributed by atoms with Crippen molar-refractivity contribution < 1.29 is 14.0 Å². The molecule has 118 valence electrons. The second kappa shape index (κ2) is 6.40. The lowest BCUT2D eigenvalue weighted by molar-refractivity contribution is -0.125. The summed E-state index contributed by atoms with van der Waals surface area (Å²) in [6, 6.07) is 6.51. The van der Waals surface area contributed by atoms with Crippen LogP contribution in [0.15, 0.2) is 35.1 Å². The van der Waals surface area contributed by atoms with Crippen molar-refractivity contribution in [2.75, 3.05) is 6.54 Å².